The van der Waals surface area contributed by atoms with Gasteiger partial charge in [0.2, 0.25) is 0 Å². The molecule has 0 spiro atoms. The van der Waals surface area contributed by atoms with Crippen LogP contribution in [0.2, 0.25) is 0 Å². The average Bonchev–Trinajstić information content (AvgIpc) is 2.18. The molecule has 0 heterocycles. The molecule has 13 heavy (non-hydrogen) atoms. The molecule has 1 unspecified atom stereocenters. The van der Waals surface area contributed by atoms with Crippen molar-refractivity contribution >= 4 is 6.29 Å². The van der Waals surface area contributed by atoms with Crippen LogP contribution in [0.15, 0.2) is 24.3 Å². The number of hydrogen-bond acceptors (Lipinski definition) is 2. The van der Waals surface area contributed by atoms with Gasteiger partial charge in [-0.15, -0.1) is 0 Å². The van der Waals surface area contributed by atoms with Gasteiger partial charge in [-0.3, -0.25) is 0 Å². The zero-order valence-electron chi connectivity index (χ0n) is 7.73. The van der Waals surface area contributed by atoms with Crippen LogP contribution in [0.3, 0.4) is 0 Å². The Morgan fingerprint density at radius 1 is 1.38 bits per heavy atom. The van der Waals surface area contributed by atoms with Gasteiger partial charge in [-0.05, 0) is 17.5 Å². The van der Waals surface area contributed by atoms with E-state index in [4.69, 9.17) is 0 Å². The first kappa shape index (κ1) is 9.93. The van der Waals surface area contributed by atoms with Gasteiger partial charge in [-0.1, -0.05) is 37.6 Å². The van der Waals surface area contributed by atoms with E-state index < -0.39 is 6.10 Å². The van der Waals surface area contributed by atoms with Crippen molar-refractivity contribution in [2.75, 3.05) is 0 Å². The molecule has 1 atom stereocenters. The van der Waals surface area contributed by atoms with Crippen LogP contribution in [0, 0.1) is 0 Å². The molecule has 1 aromatic rings. The SMILES string of the molecule is CCCc1ccc(C(O)C=O)cc1. The molecule has 0 aliphatic carbocycles. The standard InChI is InChI=1S/C11H14O2/c1-2-3-9-4-6-10(7-5-9)11(13)8-12/h4-8,11,13H,2-3H2,1H3. The molecule has 0 saturated carbocycles. The number of aliphatic hydroxyl groups excluding tert-OH is 1. The van der Waals surface area contributed by atoms with Crippen molar-refractivity contribution in [3.05, 3.63) is 35.4 Å². The molecular weight excluding hydrogens is 164 g/mol. The molecular formula is C11H14O2. The van der Waals surface area contributed by atoms with Gasteiger partial charge in [-0.25, -0.2) is 0 Å². The highest BCUT2D eigenvalue weighted by atomic mass is 16.3. The summed E-state index contributed by atoms with van der Waals surface area (Å²) in [6, 6.07) is 7.49. The summed E-state index contributed by atoms with van der Waals surface area (Å²) < 4.78 is 0. The number of carbonyl (C=O) groups excluding carboxylic acids is 1. The van der Waals surface area contributed by atoms with Crippen LogP contribution < -0.4 is 0 Å². The Balaban J connectivity index is 2.74. The summed E-state index contributed by atoms with van der Waals surface area (Å²) in [6.07, 6.45) is 1.71. The second-order valence-electron chi connectivity index (χ2n) is 3.07. The van der Waals surface area contributed by atoms with Gasteiger partial charge in [0.1, 0.15) is 6.10 Å². The molecule has 0 radical (unpaired) electrons. The fraction of sp³-hybridized carbons (Fsp3) is 0.364. The highest BCUT2D eigenvalue weighted by Crippen LogP contribution is 2.12. The third-order valence-electron chi connectivity index (χ3n) is 1.99. The molecule has 0 bridgehead atoms. The summed E-state index contributed by atoms with van der Waals surface area (Å²) >= 11 is 0. The Morgan fingerprint density at radius 2 is 2.00 bits per heavy atom. The number of carbonyl (C=O) groups is 1. The van der Waals surface area contributed by atoms with Gasteiger partial charge >= 0.3 is 0 Å². The van der Waals surface area contributed by atoms with Gasteiger partial charge in [0.15, 0.2) is 6.29 Å². The van der Waals surface area contributed by atoms with E-state index in [1.165, 1.54) is 5.56 Å². The van der Waals surface area contributed by atoms with Crippen molar-refractivity contribution in [3.63, 3.8) is 0 Å². The highest BCUT2D eigenvalue weighted by Gasteiger charge is 2.03. The Kier molecular flexibility index (Phi) is 3.65. The van der Waals surface area contributed by atoms with Crippen LogP contribution in [0.4, 0.5) is 0 Å². The van der Waals surface area contributed by atoms with Crippen molar-refractivity contribution in [1.29, 1.82) is 0 Å². The number of hydrogen-bond donors (Lipinski definition) is 1. The molecule has 0 amide bonds. The topological polar surface area (TPSA) is 37.3 Å². The van der Waals surface area contributed by atoms with Gasteiger partial charge in [0, 0.05) is 0 Å². The Hall–Kier alpha value is -1.15. The van der Waals surface area contributed by atoms with Crippen LogP contribution in [-0.4, -0.2) is 11.4 Å². The quantitative estimate of drug-likeness (QED) is 0.715. The van der Waals surface area contributed by atoms with Crippen molar-refractivity contribution in [2.24, 2.45) is 0 Å². The maximum absolute atomic E-state index is 10.3. The minimum atomic E-state index is -0.976. The van der Waals surface area contributed by atoms with E-state index in [-0.39, 0.29) is 0 Å². The number of aryl methyl sites for hydroxylation is 1. The van der Waals surface area contributed by atoms with E-state index in [2.05, 4.69) is 6.92 Å². The second-order valence-corrected chi connectivity index (χ2v) is 3.07. The first-order valence-corrected chi connectivity index (χ1v) is 4.50. The lowest BCUT2D eigenvalue weighted by Crippen LogP contribution is -1.97. The summed E-state index contributed by atoms with van der Waals surface area (Å²) in [6.45, 7) is 2.12. The van der Waals surface area contributed by atoms with E-state index in [9.17, 15) is 9.90 Å². The predicted molar refractivity (Wildman–Crippen MR) is 51.5 cm³/mol. The fourth-order valence-corrected chi connectivity index (χ4v) is 1.25. The highest BCUT2D eigenvalue weighted by molar-refractivity contribution is 5.59. The predicted octanol–water partition coefficient (Wildman–Crippen LogP) is 1.87. The second kappa shape index (κ2) is 4.77. The molecule has 0 fully saturated rings. The summed E-state index contributed by atoms with van der Waals surface area (Å²) in [5.74, 6) is 0. The van der Waals surface area contributed by atoms with Gasteiger partial charge in [0.25, 0.3) is 0 Å². The number of rotatable bonds is 4. The van der Waals surface area contributed by atoms with E-state index >= 15 is 0 Å². The molecule has 0 aliphatic heterocycles. The molecule has 1 rings (SSSR count). The molecule has 0 aliphatic rings. The Bertz CT molecular complexity index is 264. The molecule has 2 nitrogen and oxygen atoms in total. The van der Waals surface area contributed by atoms with E-state index in [0.29, 0.717) is 11.8 Å². The summed E-state index contributed by atoms with van der Waals surface area (Å²) in [5.41, 5.74) is 1.90. The fourth-order valence-electron chi connectivity index (χ4n) is 1.25. The minimum Gasteiger partial charge on any atom is -0.381 e. The summed E-state index contributed by atoms with van der Waals surface area (Å²) in [5, 5.41) is 9.18. The molecule has 2 heteroatoms. The Labute approximate surface area is 78.2 Å². The van der Waals surface area contributed by atoms with Crippen LogP contribution >= 0.6 is 0 Å². The van der Waals surface area contributed by atoms with Crippen LogP contribution in [-0.2, 0) is 11.2 Å². The van der Waals surface area contributed by atoms with E-state index in [1.54, 1.807) is 12.1 Å². The molecule has 70 valence electrons. The van der Waals surface area contributed by atoms with E-state index in [0.717, 1.165) is 12.8 Å². The molecule has 1 N–H and O–H groups in total. The first-order valence-electron chi connectivity index (χ1n) is 4.50. The number of aldehydes is 1. The lowest BCUT2D eigenvalue weighted by molar-refractivity contribution is -0.115. The minimum absolute atomic E-state index is 0.537. The average molecular weight is 178 g/mol. The van der Waals surface area contributed by atoms with Crippen molar-refractivity contribution in [3.8, 4) is 0 Å². The van der Waals surface area contributed by atoms with Crippen molar-refractivity contribution in [2.45, 2.75) is 25.9 Å². The largest absolute Gasteiger partial charge is 0.381 e. The first-order chi connectivity index (χ1) is 6.27. The third-order valence-corrected chi connectivity index (χ3v) is 1.99. The van der Waals surface area contributed by atoms with Crippen LogP contribution in [0.1, 0.15) is 30.6 Å². The van der Waals surface area contributed by atoms with Crippen molar-refractivity contribution in [1.82, 2.24) is 0 Å². The summed E-state index contributed by atoms with van der Waals surface area (Å²) in [4.78, 5) is 10.3. The molecule has 0 aromatic heterocycles. The molecule has 1 aromatic carbocycles. The maximum Gasteiger partial charge on any atom is 0.153 e. The zero-order chi connectivity index (χ0) is 9.68. The zero-order valence-corrected chi connectivity index (χ0v) is 7.73. The van der Waals surface area contributed by atoms with Crippen LogP contribution in [0.5, 0.6) is 0 Å². The van der Waals surface area contributed by atoms with Gasteiger partial charge < -0.3 is 9.90 Å². The monoisotopic (exact) mass is 178 g/mol. The van der Waals surface area contributed by atoms with Crippen LogP contribution in [0.25, 0.3) is 0 Å². The third kappa shape index (κ3) is 2.67. The lowest BCUT2D eigenvalue weighted by atomic mass is 10.1. The number of aliphatic hydroxyl groups is 1. The lowest BCUT2D eigenvalue weighted by Gasteiger charge is -2.04. The maximum atomic E-state index is 10.3. The summed E-state index contributed by atoms with van der Waals surface area (Å²) in [7, 11) is 0. The van der Waals surface area contributed by atoms with Crippen molar-refractivity contribution < 1.29 is 9.90 Å². The normalized spacial score (nSPS) is 12.5. The van der Waals surface area contributed by atoms with E-state index in [1.807, 2.05) is 12.1 Å². The smallest absolute Gasteiger partial charge is 0.153 e. The Morgan fingerprint density at radius 3 is 2.46 bits per heavy atom. The van der Waals surface area contributed by atoms with Gasteiger partial charge in [-0.2, -0.15) is 0 Å². The molecule has 0 saturated heterocycles. The van der Waals surface area contributed by atoms with Gasteiger partial charge in [0.05, 0.1) is 0 Å². The number of benzene rings is 1.